The van der Waals surface area contributed by atoms with Crippen molar-refractivity contribution in [2.75, 3.05) is 6.54 Å². The van der Waals surface area contributed by atoms with Crippen molar-refractivity contribution in [2.45, 2.75) is 44.2 Å². The Morgan fingerprint density at radius 1 is 1.25 bits per heavy atom. The van der Waals surface area contributed by atoms with Gasteiger partial charge in [0.05, 0.1) is 6.04 Å². The zero-order chi connectivity index (χ0) is 8.55. The monoisotopic (exact) mass is 168 g/mol. The first kappa shape index (κ1) is 8.05. The Morgan fingerprint density at radius 3 is 2.50 bits per heavy atom. The normalized spacial score (nSPS) is 31.8. The van der Waals surface area contributed by atoms with Crippen LogP contribution in [0.2, 0.25) is 0 Å². The lowest BCUT2D eigenvalue weighted by Crippen LogP contribution is -2.48. The summed E-state index contributed by atoms with van der Waals surface area (Å²) in [5.41, 5.74) is 5.32. The number of carbonyl (C=O) groups excluding carboxylic acids is 1. The van der Waals surface area contributed by atoms with E-state index in [-0.39, 0.29) is 11.9 Å². The van der Waals surface area contributed by atoms with E-state index in [4.69, 9.17) is 5.73 Å². The second-order valence-corrected chi connectivity index (χ2v) is 3.88. The topological polar surface area (TPSA) is 46.3 Å². The van der Waals surface area contributed by atoms with Crippen molar-refractivity contribution >= 4 is 5.91 Å². The third-order valence-electron chi connectivity index (χ3n) is 3.17. The molecule has 1 amide bonds. The Bertz CT molecular complexity index is 189. The van der Waals surface area contributed by atoms with Gasteiger partial charge < -0.3 is 5.73 Å². The van der Waals surface area contributed by atoms with Crippen molar-refractivity contribution < 1.29 is 4.79 Å². The first-order valence-electron chi connectivity index (χ1n) is 4.84. The van der Waals surface area contributed by atoms with Crippen LogP contribution in [0.3, 0.4) is 0 Å². The summed E-state index contributed by atoms with van der Waals surface area (Å²) < 4.78 is 0. The van der Waals surface area contributed by atoms with Crippen molar-refractivity contribution in [3.05, 3.63) is 0 Å². The largest absolute Gasteiger partial charge is 0.368 e. The molecule has 2 fully saturated rings. The fraction of sp³-hybridized carbons (Fsp3) is 0.889. The minimum absolute atomic E-state index is 0.0512. The maximum Gasteiger partial charge on any atom is 0.234 e. The molecule has 1 heterocycles. The summed E-state index contributed by atoms with van der Waals surface area (Å²) in [7, 11) is 0. The van der Waals surface area contributed by atoms with Crippen LogP contribution in [0.1, 0.15) is 32.1 Å². The van der Waals surface area contributed by atoms with Gasteiger partial charge >= 0.3 is 0 Å². The first-order chi connectivity index (χ1) is 5.79. The molecule has 1 aliphatic heterocycles. The van der Waals surface area contributed by atoms with E-state index in [0.717, 1.165) is 19.4 Å². The number of nitrogens with two attached hydrogens (primary N) is 1. The summed E-state index contributed by atoms with van der Waals surface area (Å²) in [5, 5.41) is 0. The third kappa shape index (κ3) is 1.22. The molecular formula is C9H16N2O. The minimum atomic E-state index is -0.126. The van der Waals surface area contributed by atoms with Gasteiger partial charge in [0.1, 0.15) is 0 Å². The van der Waals surface area contributed by atoms with E-state index in [1.807, 2.05) is 0 Å². The summed E-state index contributed by atoms with van der Waals surface area (Å²) in [5.74, 6) is -0.126. The Hall–Kier alpha value is -0.570. The Kier molecular flexibility index (Phi) is 2.05. The number of rotatable bonds is 2. The summed E-state index contributed by atoms with van der Waals surface area (Å²) in [6.07, 6.45) is 5.98. The number of primary amides is 1. The number of hydrogen-bond donors (Lipinski definition) is 1. The number of nitrogens with zero attached hydrogens (tertiary/aromatic N) is 1. The molecule has 2 rings (SSSR count). The maximum atomic E-state index is 11.0. The summed E-state index contributed by atoms with van der Waals surface area (Å²) in [4.78, 5) is 13.3. The number of likely N-dealkylation sites (tertiary alicyclic amines) is 1. The van der Waals surface area contributed by atoms with E-state index in [0.29, 0.717) is 6.04 Å². The van der Waals surface area contributed by atoms with E-state index >= 15 is 0 Å². The number of hydrogen-bond acceptors (Lipinski definition) is 2. The van der Waals surface area contributed by atoms with E-state index in [2.05, 4.69) is 4.90 Å². The van der Waals surface area contributed by atoms with Crippen LogP contribution in [0.25, 0.3) is 0 Å². The van der Waals surface area contributed by atoms with Gasteiger partial charge in [0.2, 0.25) is 5.91 Å². The smallest absolute Gasteiger partial charge is 0.234 e. The van der Waals surface area contributed by atoms with Gasteiger partial charge in [-0.2, -0.15) is 0 Å². The lowest BCUT2D eigenvalue weighted by Gasteiger charge is -2.37. The molecule has 1 atom stereocenters. The molecule has 3 nitrogen and oxygen atoms in total. The highest BCUT2D eigenvalue weighted by Crippen LogP contribution is 2.30. The van der Waals surface area contributed by atoms with Crippen LogP contribution in [-0.4, -0.2) is 29.4 Å². The molecular weight excluding hydrogens is 152 g/mol. The second kappa shape index (κ2) is 3.05. The Morgan fingerprint density at radius 2 is 2.00 bits per heavy atom. The third-order valence-corrected chi connectivity index (χ3v) is 3.17. The average molecular weight is 168 g/mol. The van der Waals surface area contributed by atoms with Gasteiger partial charge in [-0.25, -0.2) is 0 Å². The number of carbonyl (C=O) groups is 1. The quantitative estimate of drug-likeness (QED) is 0.652. The predicted octanol–water partition coefficient (Wildman–Crippen LogP) is 0.489. The predicted molar refractivity (Wildman–Crippen MR) is 46.6 cm³/mol. The highest BCUT2D eigenvalue weighted by atomic mass is 16.1. The molecule has 1 saturated heterocycles. The molecule has 0 radical (unpaired) electrons. The lowest BCUT2D eigenvalue weighted by atomic mass is 9.91. The van der Waals surface area contributed by atoms with Crippen LogP contribution in [0, 0.1) is 0 Å². The summed E-state index contributed by atoms with van der Waals surface area (Å²) in [6.45, 7) is 1.08. The van der Waals surface area contributed by atoms with Crippen LogP contribution in [0.15, 0.2) is 0 Å². The lowest BCUT2D eigenvalue weighted by molar-refractivity contribution is -0.123. The molecule has 0 aromatic heterocycles. The van der Waals surface area contributed by atoms with Crippen LogP contribution in [-0.2, 0) is 4.79 Å². The van der Waals surface area contributed by atoms with Gasteiger partial charge in [-0.05, 0) is 32.2 Å². The fourth-order valence-electron chi connectivity index (χ4n) is 2.25. The second-order valence-electron chi connectivity index (χ2n) is 3.88. The SMILES string of the molecule is NC(=O)C1CCCN1C1CCC1. The van der Waals surface area contributed by atoms with Crippen molar-refractivity contribution in [3.8, 4) is 0 Å². The van der Waals surface area contributed by atoms with Crippen LogP contribution < -0.4 is 5.73 Å². The van der Waals surface area contributed by atoms with Gasteiger partial charge in [0, 0.05) is 6.04 Å². The minimum Gasteiger partial charge on any atom is -0.368 e. The van der Waals surface area contributed by atoms with Crippen molar-refractivity contribution in [3.63, 3.8) is 0 Å². The molecule has 1 aliphatic carbocycles. The highest BCUT2D eigenvalue weighted by molar-refractivity contribution is 5.80. The average Bonchev–Trinajstić information content (AvgIpc) is 2.31. The van der Waals surface area contributed by atoms with Gasteiger partial charge in [-0.3, -0.25) is 9.69 Å². The van der Waals surface area contributed by atoms with Gasteiger partial charge in [-0.1, -0.05) is 6.42 Å². The van der Waals surface area contributed by atoms with Gasteiger partial charge in [0.15, 0.2) is 0 Å². The molecule has 0 aromatic rings. The van der Waals surface area contributed by atoms with Crippen molar-refractivity contribution in [1.29, 1.82) is 0 Å². The van der Waals surface area contributed by atoms with E-state index < -0.39 is 0 Å². The van der Waals surface area contributed by atoms with Crippen LogP contribution in [0.5, 0.6) is 0 Å². The molecule has 68 valence electrons. The molecule has 12 heavy (non-hydrogen) atoms. The Labute approximate surface area is 72.9 Å². The first-order valence-corrected chi connectivity index (χ1v) is 4.84. The molecule has 0 bridgehead atoms. The van der Waals surface area contributed by atoms with E-state index in [1.54, 1.807) is 0 Å². The van der Waals surface area contributed by atoms with Crippen LogP contribution in [0.4, 0.5) is 0 Å². The van der Waals surface area contributed by atoms with Gasteiger partial charge in [-0.15, -0.1) is 0 Å². The van der Waals surface area contributed by atoms with E-state index in [1.165, 1.54) is 19.3 Å². The van der Waals surface area contributed by atoms with Crippen molar-refractivity contribution in [2.24, 2.45) is 5.73 Å². The zero-order valence-electron chi connectivity index (χ0n) is 7.33. The Balaban J connectivity index is 1.98. The molecule has 0 aromatic carbocycles. The van der Waals surface area contributed by atoms with E-state index in [9.17, 15) is 4.79 Å². The highest BCUT2D eigenvalue weighted by Gasteiger charge is 2.36. The molecule has 0 spiro atoms. The fourth-order valence-corrected chi connectivity index (χ4v) is 2.25. The summed E-state index contributed by atoms with van der Waals surface area (Å²) in [6, 6.07) is 0.722. The molecule has 3 heteroatoms. The molecule has 2 N–H and O–H groups in total. The van der Waals surface area contributed by atoms with Gasteiger partial charge in [0.25, 0.3) is 0 Å². The molecule has 2 aliphatic rings. The zero-order valence-corrected chi connectivity index (χ0v) is 7.33. The summed E-state index contributed by atoms with van der Waals surface area (Å²) >= 11 is 0. The standard InChI is InChI=1S/C9H16N2O/c10-9(12)8-5-2-6-11(8)7-3-1-4-7/h7-8H,1-6H2,(H2,10,12). The maximum absolute atomic E-state index is 11.0. The molecule has 1 unspecified atom stereocenters. The number of amides is 1. The van der Waals surface area contributed by atoms with Crippen molar-refractivity contribution in [1.82, 2.24) is 4.90 Å². The van der Waals surface area contributed by atoms with Crippen LogP contribution >= 0.6 is 0 Å². The molecule has 1 saturated carbocycles.